The lowest BCUT2D eigenvalue weighted by Crippen LogP contribution is -2.09. The van der Waals surface area contributed by atoms with Gasteiger partial charge in [-0.15, -0.1) is 0 Å². The standard InChI is InChI=1S/C18H17NO3/c1-2-22-17(21)8-3-5-12-9-10-15-14(11-12)13-6-4-7-16(20)18(13)19-15/h9-11,19H,2,4,6-8H2,1H3. The lowest BCUT2D eigenvalue weighted by molar-refractivity contribution is -0.141. The molecule has 2 aromatic rings. The molecular weight excluding hydrogens is 278 g/mol. The van der Waals surface area contributed by atoms with E-state index in [-0.39, 0.29) is 18.2 Å². The molecule has 1 aliphatic rings. The van der Waals surface area contributed by atoms with Gasteiger partial charge in [0.1, 0.15) is 6.42 Å². The van der Waals surface area contributed by atoms with Crippen LogP contribution >= 0.6 is 0 Å². The fourth-order valence-corrected chi connectivity index (χ4v) is 2.80. The molecule has 3 rings (SSSR count). The summed E-state index contributed by atoms with van der Waals surface area (Å²) in [6.07, 6.45) is 2.53. The van der Waals surface area contributed by atoms with Gasteiger partial charge in [0.2, 0.25) is 0 Å². The van der Waals surface area contributed by atoms with E-state index in [2.05, 4.69) is 16.8 Å². The summed E-state index contributed by atoms with van der Waals surface area (Å²) < 4.78 is 4.84. The number of Topliss-reactive ketones (excluding diaryl/α,β-unsaturated/α-hetero) is 1. The molecule has 0 saturated heterocycles. The van der Waals surface area contributed by atoms with Crippen LogP contribution in [0.1, 0.15) is 47.8 Å². The Morgan fingerprint density at radius 1 is 1.36 bits per heavy atom. The molecule has 1 aliphatic carbocycles. The van der Waals surface area contributed by atoms with Gasteiger partial charge >= 0.3 is 5.97 Å². The molecule has 4 nitrogen and oxygen atoms in total. The number of ether oxygens (including phenoxy) is 1. The quantitative estimate of drug-likeness (QED) is 0.684. The first-order chi connectivity index (χ1) is 10.7. The van der Waals surface area contributed by atoms with E-state index in [1.54, 1.807) is 6.92 Å². The van der Waals surface area contributed by atoms with Gasteiger partial charge in [0, 0.05) is 22.9 Å². The highest BCUT2D eigenvalue weighted by Crippen LogP contribution is 2.29. The molecule has 112 valence electrons. The second-order valence-corrected chi connectivity index (χ2v) is 5.30. The van der Waals surface area contributed by atoms with Crippen LogP contribution in [0.3, 0.4) is 0 Å². The van der Waals surface area contributed by atoms with Gasteiger partial charge < -0.3 is 9.72 Å². The van der Waals surface area contributed by atoms with Gasteiger partial charge in [-0.05, 0) is 43.5 Å². The summed E-state index contributed by atoms with van der Waals surface area (Å²) in [5, 5.41) is 1.06. The minimum Gasteiger partial charge on any atom is -0.465 e. The topological polar surface area (TPSA) is 59.2 Å². The number of rotatable bonds is 2. The Morgan fingerprint density at radius 3 is 3.05 bits per heavy atom. The number of ketones is 1. The third kappa shape index (κ3) is 2.75. The lowest BCUT2D eigenvalue weighted by atomic mass is 9.94. The van der Waals surface area contributed by atoms with Crippen LogP contribution in [0.2, 0.25) is 0 Å². The van der Waals surface area contributed by atoms with E-state index in [1.165, 1.54) is 0 Å². The van der Waals surface area contributed by atoms with Crippen molar-refractivity contribution >= 4 is 22.7 Å². The Balaban J connectivity index is 1.89. The summed E-state index contributed by atoms with van der Waals surface area (Å²) in [7, 11) is 0. The minimum atomic E-state index is -0.305. The van der Waals surface area contributed by atoms with E-state index in [0.29, 0.717) is 13.0 Å². The van der Waals surface area contributed by atoms with Gasteiger partial charge in [-0.1, -0.05) is 11.8 Å². The number of fused-ring (bicyclic) bond motifs is 3. The molecule has 0 saturated carbocycles. The second kappa shape index (κ2) is 6.07. The highest BCUT2D eigenvalue weighted by atomic mass is 16.5. The first-order valence-corrected chi connectivity index (χ1v) is 7.51. The molecule has 1 aromatic carbocycles. The highest BCUT2D eigenvalue weighted by Gasteiger charge is 2.21. The summed E-state index contributed by atoms with van der Waals surface area (Å²) >= 11 is 0. The molecular formula is C18H17NO3. The van der Waals surface area contributed by atoms with Gasteiger partial charge in [-0.2, -0.15) is 0 Å². The van der Waals surface area contributed by atoms with Gasteiger partial charge in [0.15, 0.2) is 5.78 Å². The zero-order chi connectivity index (χ0) is 15.5. The van der Waals surface area contributed by atoms with E-state index < -0.39 is 0 Å². The molecule has 0 bridgehead atoms. The molecule has 0 fully saturated rings. The molecule has 0 radical (unpaired) electrons. The van der Waals surface area contributed by atoms with Crippen molar-refractivity contribution in [1.29, 1.82) is 0 Å². The van der Waals surface area contributed by atoms with Crippen LogP contribution < -0.4 is 0 Å². The maximum absolute atomic E-state index is 11.9. The number of esters is 1. The summed E-state index contributed by atoms with van der Waals surface area (Å²) in [5.41, 5.74) is 3.66. The number of benzene rings is 1. The maximum atomic E-state index is 11.9. The molecule has 0 aliphatic heterocycles. The third-order valence-corrected chi connectivity index (χ3v) is 3.79. The molecule has 1 aromatic heterocycles. The van der Waals surface area contributed by atoms with E-state index in [1.807, 2.05) is 18.2 Å². The van der Waals surface area contributed by atoms with Crippen molar-refractivity contribution in [2.75, 3.05) is 6.61 Å². The largest absolute Gasteiger partial charge is 0.465 e. The van der Waals surface area contributed by atoms with Crippen molar-refractivity contribution in [1.82, 2.24) is 4.98 Å². The van der Waals surface area contributed by atoms with E-state index >= 15 is 0 Å². The molecule has 1 heterocycles. The van der Waals surface area contributed by atoms with E-state index in [4.69, 9.17) is 4.74 Å². The number of aryl methyl sites for hydroxylation is 1. The van der Waals surface area contributed by atoms with Crippen LogP contribution in [0.4, 0.5) is 0 Å². The van der Waals surface area contributed by atoms with Crippen LogP contribution in [0.5, 0.6) is 0 Å². The molecule has 1 N–H and O–H groups in total. The number of hydrogen-bond acceptors (Lipinski definition) is 3. The summed E-state index contributed by atoms with van der Waals surface area (Å²) in [4.78, 5) is 26.4. The Bertz CT molecular complexity index is 805. The Kier molecular flexibility index (Phi) is 3.97. The fourth-order valence-electron chi connectivity index (χ4n) is 2.80. The van der Waals surface area contributed by atoms with Crippen molar-refractivity contribution in [2.45, 2.75) is 32.6 Å². The number of nitrogens with one attached hydrogen (secondary N) is 1. The summed E-state index contributed by atoms with van der Waals surface area (Å²) in [6.45, 7) is 2.14. The van der Waals surface area contributed by atoms with Crippen molar-refractivity contribution in [3.8, 4) is 11.8 Å². The Labute approximate surface area is 128 Å². The minimum absolute atomic E-state index is 0.0929. The molecule has 0 amide bonds. The van der Waals surface area contributed by atoms with Gasteiger partial charge in [-0.3, -0.25) is 9.59 Å². The first-order valence-electron chi connectivity index (χ1n) is 7.51. The fraction of sp³-hybridized carbons (Fsp3) is 0.333. The third-order valence-electron chi connectivity index (χ3n) is 3.79. The van der Waals surface area contributed by atoms with Crippen LogP contribution in [0, 0.1) is 11.8 Å². The van der Waals surface area contributed by atoms with Crippen LogP contribution in [-0.4, -0.2) is 23.3 Å². The molecule has 22 heavy (non-hydrogen) atoms. The van der Waals surface area contributed by atoms with Crippen molar-refractivity contribution < 1.29 is 14.3 Å². The zero-order valence-corrected chi connectivity index (χ0v) is 12.5. The summed E-state index contributed by atoms with van der Waals surface area (Å²) in [5.74, 6) is 5.70. The van der Waals surface area contributed by atoms with Gasteiger partial charge in [0.25, 0.3) is 0 Å². The first kappa shape index (κ1) is 14.4. The summed E-state index contributed by atoms with van der Waals surface area (Å²) in [6, 6.07) is 5.82. The van der Waals surface area contributed by atoms with Crippen LogP contribution in [-0.2, 0) is 16.0 Å². The molecule has 0 unspecified atom stereocenters. The SMILES string of the molecule is CCOC(=O)CC#Cc1ccc2[nH]c3c(c2c1)CCCC3=O. The van der Waals surface area contributed by atoms with Crippen LogP contribution in [0.25, 0.3) is 10.9 Å². The predicted octanol–water partition coefficient (Wildman–Crippen LogP) is 2.99. The molecule has 0 atom stereocenters. The highest BCUT2D eigenvalue weighted by molar-refractivity contribution is 6.03. The number of carbonyl (C=O) groups is 2. The van der Waals surface area contributed by atoms with Crippen molar-refractivity contribution in [3.05, 3.63) is 35.0 Å². The zero-order valence-electron chi connectivity index (χ0n) is 12.5. The number of carbonyl (C=O) groups excluding carboxylic acids is 2. The Morgan fingerprint density at radius 2 is 2.23 bits per heavy atom. The smallest absolute Gasteiger partial charge is 0.317 e. The average Bonchev–Trinajstić information content (AvgIpc) is 2.87. The predicted molar refractivity (Wildman–Crippen MR) is 83.7 cm³/mol. The van der Waals surface area contributed by atoms with Gasteiger partial charge in [-0.25, -0.2) is 0 Å². The Hall–Kier alpha value is -2.54. The van der Waals surface area contributed by atoms with Gasteiger partial charge in [0.05, 0.1) is 12.3 Å². The van der Waals surface area contributed by atoms with Crippen molar-refractivity contribution in [2.24, 2.45) is 0 Å². The van der Waals surface area contributed by atoms with Crippen LogP contribution in [0.15, 0.2) is 18.2 Å². The lowest BCUT2D eigenvalue weighted by Gasteiger charge is -2.09. The average molecular weight is 295 g/mol. The van der Waals surface area contributed by atoms with Crippen molar-refractivity contribution in [3.63, 3.8) is 0 Å². The second-order valence-electron chi connectivity index (χ2n) is 5.30. The number of aromatic nitrogens is 1. The van der Waals surface area contributed by atoms with E-state index in [9.17, 15) is 9.59 Å². The monoisotopic (exact) mass is 295 g/mol. The maximum Gasteiger partial charge on any atom is 0.317 e. The number of hydrogen-bond donors (Lipinski definition) is 1. The number of H-pyrrole nitrogens is 1. The number of aromatic amines is 1. The van der Waals surface area contributed by atoms with E-state index in [0.717, 1.165) is 40.6 Å². The normalized spacial score (nSPS) is 13.4. The molecule has 4 heteroatoms. The molecule has 0 spiro atoms.